The number of carbonyl (C=O) groups excluding carboxylic acids is 1. The maximum atomic E-state index is 12.1. The summed E-state index contributed by atoms with van der Waals surface area (Å²) in [6, 6.07) is 0. The Morgan fingerprint density at radius 1 is 1.35 bits per heavy atom. The number of hydrogen-bond donors (Lipinski definition) is 3. The Labute approximate surface area is 134 Å². The van der Waals surface area contributed by atoms with Crippen LogP contribution in [0.15, 0.2) is 12.7 Å². The van der Waals surface area contributed by atoms with Crippen LogP contribution in [0.25, 0.3) is 11.2 Å². The lowest BCUT2D eigenvalue weighted by Crippen LogP contribution is -2.47. The van der Waals surface area contributed by atoms with Gasteiger partial charge in [-0.05, 0) is 0 Å². The summed E-state index contributed by atoms with van der Waals surface area (Å²) in [6.07, 6.45) is 3.03. The van der Waals surface area contributed by atoms with Gasteiger partial charge < -0.3 is 20.5 Å². The topological polar surface area (TPSA) is 102 Å². The van der Waals surface area contributed by atoms with Gasteiger partial charge in [-0.25, -0.2) is 15.0 Å². The highest BCUT2D eigenvalue weighted by Gasteiger charge is 2.14. The largest absolute Gasteiger partial charge is 0.353 e. The molecule has 23 heavy (non-hydrogen) atoms. The van der Waals surface area contributed by atoms with Crippen molar-refractivity contribution in [2.45, 2.75) is 0 Å². The van der Waals surface area contributed by atoms with Crippen LogP contribution >= 0.6 is 0 Å². The molecule has 1 aliphatic rings. The molecule has 124 valence electrons. The molecule has 3 heterocycles. The summed E-state index contributed by atoms with van der Waals surface area (Å²) >= 11 is 0. The van der Waals surface area contributed by atoms with E-state index in [1.54, 1.807) is 11.2 Å². The summed E-state index contributed by atoms with van der Waals surface area (Å²) in [6.45, 7) is 5.90. The second kappa shape index (κ2) is 7.34. The minimum absolute atomic E-state index is 0.0195. The number of nitrogens with one attached hydrogen (secondary N) is 3. The van der Waals surface area contributed by atoms with Crippen LogP contribution in [0, 0.1) is 0 Å². The Kier molecular flexibility index (Phi) is 4.99. The molecule has 0 aliphatic carbocycles. The number of amides is 1. The average molecular weight is 318 g/mol. The van der Waals surface area contributed by atoms with Crippen molar-refractivity contribution in [2.75, 3.05) is 57.8 Å². The van der Waals surface area contributed by atoms with E-state index in [0.717, 1.165) is 38.2 Å². The number of nitrogens with zero attached hydrogens (tertiary/aromatic N) is 5. The van der Waals surface area contributed by atoms with Crippen LogP contribution in [-0.2, 0) is 4.79 Å². The van der Waals surface area contributed by atoms with E-state index in [0.29, 0.717) is 18.0 Å². The van der Waals surface area contributed by atoms with Crippen molar-refractivity contribution in [3.05, 3.63) is 12.7 Å². The van der Waals surface area contributed by atoms with Gasteiger partial charge in [-0.1, -0.05) is 0 Å². The minimum Gasteiger partial charge on any atom is -0.353 e. The molecule has 0 unspecified atom stereocenters. The van der Waals surface area contributed by atoms with E-state index in [1.165, 1.54) is 6.33 Å². The predicted octanol–water partition coefficient (Wildman–Crippen LogP) is -1.19. The first-order valence-corrected chi connectivity index (χ1v) is 7.79. The zero-order valence-electron chi connectivity index (χ0n) is 13.2. The molecule has 0 aromatic carbocycles. The molecule has 1 amide bonds. The number of rotatable bonds is 6. The second-order valence-electron chi connectivity index (χ2n) is 5.60. The Morgan fingerprint density at radius 3 is 3.00 bits per heavy atom. The molecule has 2 aromatic heterocycles. The lowest BCUT2D eigenvalue weighted by molar-refractivity contribution is -0.119. The Hall–Kier alpha value is -2.26. The molecule has 3 rings (SSSR count). The van der Waals surface area contributed by atoms with Gasteiger partial charge in [0.05, 0.1) is 12.9 Å². The van der Waals surface area contributed by atoms with Crippen LogP contribution in [0.3, 0.4) is 0 Å². The van der Waals surface area contributed by atoms with Gasteiger partial charge in [0.1, 0.15) is 11.8 Å². The van der Waals surface area contributed by atoms with Gasteiger partial charge in [-0.15, -0.1) is 0 Å². The summed E-state index contributed by atoms with van der Waals surface area (Å²) in [5.41, 5.74) is 1.34. The Bertz CT molecular complexity index is 651. The number of piperazine rings is 1. The molecule has 1 saturated heterocycles. The van der Waals surface area contributed by atoms with Crippen molar-refractivity contribution in [3.8, 4) is 0 Å². The highest BCUT2D eigenvalue weighted by molar-refractivity contribution is 5.86. The molecule has 9 heteroatoms. The summed E-state index contributed by atoms with van der Waals surface area (Å²) in [5, 5.41) is 6.28. The molecule has 2 aromatic rings. The van der Waals surface area contributed by atoms with Gasteiger partial charge in [0.25, 0.3) is 0 Å². The van der Waals surface area contributed by atoms with Crippen LogP contribution in [0.1, 0.15) is 0 Å². The van der Waals surface area contributed by atoms with E-state index < -0.39 is 0 Å². The number of carbonyl (C=O) groups is 1. The zero-order chi connectivity index (χ0) is 16.1. The Balaban J connectivity index is 1.48. The molecule has 0 atom stereocenters. The van der Waals surface area contributed by atoms with Crippen molar-refractivity contribution in [2.24, 2.45) is 0 Å². The fourth-order valence-electron chi connectivity index (χ4n) is 2.68. The molecule has 3 N–H and O–H groups in total. The van der Waals surface area contributed by atoms with Gasteiger partial charge in [0.15, 0.2) is 11.5 Å². The van der Waals surface area contributed by atoms with Gasteiger partial charge in [0, 0.05) is 46.3 Å². The quantitative estimate of drug-likeness (QED) is 0.615. The SMILES string of the molecule is CN(CC(=O)NCCN1CCNCC1)c1ncnc2nc[nH]c12. The van der Waals surface area contributed by atoms with Crippen molar-refractivity contribution >= 4 is 22.9 Å². The second-order valence-corrected chi connectivity index (χ2v) is 5.60. The van der Waals surface area contributed by atoms with Crippen LogP contribution < -0.4 is 15.5 Å². The standard InChI is InChI=1S/C14H22N8O/c1-21(14-12-13(18-9-17-12)19-10-20-14)8-11(23)16-4-7-22-5-2-15-3-6-22/h9-10,15H,2-8H2,1H3,(H,16,23)(H,17,18,19,20). The van der Waals surface area contributed by atoms with Gasteiger partial charge in [0.2, 0.25) is 5.91 Å². The van der Waals surface area contributed by atoms with E-state index >= 15 is 0 Å². The molecule has 0 spiro atoms. The number of fused-ring (bicyclic) bond motifs is 1. The number of H-pyrrole nitrogens is 1. The van der Waals surface area contributed by atoms with Crippen LogP contribution in [0.5, 0.6) is 0 Å². The summed E-state index contributed by atoms with van der Waals surface area (Å²) in [5.74, 6) is 0.652. The number of likely N-dealkylation sites (N-methyl/N-ethyl adjacent to an activating group) is 1. The third-order valence-electron chi connectivity index (χ3n) is 3.91. The zero-order valence-corrected chi connectivity index (χ0v) is 13.2. The molecular weight excluding hydrogens is 296 g/mol. The lowest BCUT2D eigenvalue weighted by atomic mass is 10.3. The van der Waals surface area contributed by atoms with Crippen molar-refractivity contribution in [1.82, 2.24) is 35.5 Å². The predicted molar refractivity (Wildman–Crippen MR) is 87.3 cm³/mol. The highest BCUT2D eigenvalue weighted by atomic mass is 16.2. The van der Waals surface area contributed by atoms with Crippen molar-refractivity contribution < 1.29 is 4.79 Å². The van der Waals surface area contributed by atoms with Gasteiger partial charge in [-0.3, -0.25) is 9.69 Å². The maximum absolute atomic E-state index is 12.1. The van der Waals surface area contributed by atoms with E-state index in [9.17, 15) is 4.79 Å². The van der Waals surface area contributed by atoms with Crippen molar-refractivity contribution in [1.29, 1.82) is 0 Å². The van der Waals surface area contributed by atoms with E-state index in [-0.39, 0.29) is 12.5 Å². The van der Waals surface area contributed by atoms with Crippen LogP contribution in [0.2, 0.25) is 0 Å². The molecule has 1 fully saturated rings. The fourth-order valence-corrected chi connectivity index (χ4v) is 2.68. The number of imidazole rings is 1. The molecule has 1 aliphatic heterocycles. The average Bonchev–Trinajstić information content (AvgIpc) is 3.04. The molecule has 0 saturated carbocycles. The summed E-state index contributed by atoms with van der Waals surface area (Å²) in [7, 11) is 1.83. The Morgan fingerprint density at radius 2 is 2.17 bits per heavy atom. The minimum atomic E-state index is -0.0195. The molecular formula is C14H22N8O. The third-order valence-corrected chi connectivity index (χ3v) is 3.91. The van der Waals surface area contributed by atoms with Crippen LogP contribution in [-0.4, -0.2) is 83.6 Å². The first-order valence-electron chi connectivity index (χ1n) is 7.79. The molecule has 0 bridgehead atoms. The van der Waals surface area contributed by atoms with Crippen molar-refractivity contribution in [3.63, 3.8) is 0 Å². The number of hydrogen-bond acceptors (Lipinski definition) is 7. The fraction of sp³-hybridized carbons (Fsp3) is 0.571. The molecule has 9 nitrogen and oxygen atoms in total. The monoisotopic (exact) mass is 318 g/mol. The van der Waals surface area contributed by atoms with Gasteiger partial charge in [-0.2, -0.15) is 0 Å². The smallest absolute Gasteiger partial charge is 0.239 e. The van der Waals surface area contributed by atoms with E-state index in [1.807, 2.05) is 7.05 Å². The number of anilines is 1. The lowest BCUT2D eigenvalue weighted by Gasteiger charge is -2.27. The normalized spacial score (nSPS) is 15.7. The molecule has 0 radical (unpaired) electrons. The third kappa shape index (κ3) is 3.93. The first-order chi connectivity index (χ1) is 11.2. The van der Waals surface area contributed by atoms with Gasteiger partial charge >= 0.3 is 0 Å². The van der Waals surface area contributed by atoms with E-state index in [4.69, 9.17) is 0 Å². The first kappa shape index (κ1) is 15.6. The highest BCUT2D eigenvalue weighted by Crippen LogP contribution is 2.17. The summed E-state index contributed by atoms with van der Waals surface area (Å²) < 4.78 is 0. The van der Waals surface area contributed by atoms with E-state index in [2.05, 4.69) is 35.5 Å². The number of aromatic amines is 1. The summed E-state index contributed by atoms with van der Waals surface area (Å²) in [4.78, 5) is 31.6. The van der Waals surface area contributed by atoms with Crippen LogP contribution in [0.4, 0.5) is 5.82 Å². The number of aromatic nitrogens is 4. The maximum Gasteiger partial charge on any atom is 0.239 e.